The molecule has 1 aliphatic carbocycles. The van der Waals surface area contributed by atoms with Gasteiger partial charge in [-0.05, 0) is 30.6 Å². The van der Waals surface area contributed by atoms with Crippen LogP contribution in [0.5, 0.6) is 0 Å². The highest BCUT2D eigenvalue weighted by molar-refractivity contribution is 5.05. The fraction of sp³-hybridized carbons (Fsp3) is 1.00. The van der Waals surface area contributed by atoms with Gasteiger partial charge in [-0.2, -0.15) is 0 Å². The Bertz CT molecular complexity index is 170. The lowest BCUT2D eigenvalue weighted by Gasteiger charge is -2.26. The van der Waals surface area contributed by atoms with E-state index < -0.39 is 0 Å². The van der Waals surface area contributed by atoms with Gasteiger partial charge in [-0.15, -0.1) is 0 Å². The summed E-state index contributed by atoms with van der Waals surface area (Å²) in [6, 6.07) is 0. The summed E-state index contributed by atoms with van der Waals surface area (Å²) in [4.78, 5) is 0. The standard InChI is InChI=1S/C10H18O/c1-8(2)9(3)6-10(4-5-10)11-7-9/h8H,4-7H2,1-3H3. The molecule has 1 nitrogen and oxygen atoms in total. The van der Waals surface area contributed by atoms with Gasteiger partial charge in [0.15, 0.2) is 0 Å². The third kappa shape index (κ3) is 1.10. The molecule has 2 aliphatic rings. The molecule has 64 valence electrons. The first-order chi connectivity index (χ1) is 5.06. The maximum absolute atomic E-state index is 5.83. The molecule has 0 aromatic rings. The Kier molecular flexibility index (Phi) is 1.39. The zero-order valence-electron chi connectivity index (χ0n) is 7.81. The minimum Gasteiger partial charge on any atom is -0.374 e. The second kappa shape index (κ2) is 2.01. The fourth-order valence-electron chi connectivity index (χ4n) is 1.99. The smallest absolute Gasteiger partial charge is 0.0691 e. The summed E-state index contributed by atoms with van der Waals surface area (Å²) in [5, 5.41) is 0. The van der Waals surface area contributed by atoms with Crippen LogP contribution in [0.2, 0.25) is 0 Å². The Morgan fingerprint density at radius 3 is 2.18 bits per heavy atom. The summed E-state index contributed by atoms with van der Waals surface area (Å²) in [6.45, 7) is 7.98. The topological polar surface area (TPSA) is 9.23 Å². The van der Waals surface area contributed by atoms with E-state index in [0.29, 0.717) is 11.0 Å². The Morgan fingerprint density at radius 2 is 1.91 bits per heavy atom. The Balaban J connectivity index is 2.07. The highest BCUT2D eigenvalue weighted by atomic mass is 16.5. The normalized spacial score (nSPS) is 40.4. The van der Waals surface area contributed by atoms with Gasteiger partial charge in [-0.3, -0.25) is 0 Å². The van der Waals surface area contributed by atoms with Crippen molar-refractivity contribution in [2.75, 3.05) is 6.61 Å². The SMILES string of the molecule is CC(C)C1(C)COC2(CC2)C1. The first-order valence-corrected chi connectivity index (χ1v) is 4.70. The van der Waals surface area contributed by atoms with Crippen molar-refractivity contribution < 1.29 is 4.74 Å². The highest BCUT2D eigenvalue weighted by Gasteiger charge is 2.55. The average Bonchev–Trinajstić information content (AvgIpc) is 2.55. The van der Waals surface area contributed by atoms with E-state index in [1.807, 2.05) is 0 Å². The molecule has 1 heterocycles. The summed E-state index contributed by atoms with van der Waals surface area (Å²) in [5.41, 5.74) is 0.829. The van der Waals surface area contributed by atoms with Crippen molar-refractivity contribution in [2.24, 2.45) is 11.3 Å². The molecule has 0 N–H and O–H groups in total. The summed E-state index contributed by atoms with van der Waals surface area (Å²) >= 11 is 0. The first kappa shape index (κ1) is 7.60. The molecule has 1 heteroatoms. The molecular formula is C10H18O. The lowest BCUT2D eigenvalue weighted by atomic mass is 9.77. The molecule has 1 saturated carbocycles. The number of ether oxygens (including phenoxy) is 1. The van der Waals surface area contributed by atoms with Crippen LogP contribution in [0.4, 0.5) is 0 Å². The third-order valence-corrected chi connectivity index (χ3v) is 3.64. The van der Waals surface area contributed by atoms with Crippen LogP contribution in [0.15, 0.2) is 0 Å². The van der Waals surface area contributed by atoms with Gasteiger partial charge in [0.1, 0.15) is 0 Å². The number of hydrogen-bond donors (Lipinski definition) is 0. The van der Waals surface area contributed by atoms with Crippen LogP contribution < -0.4 is 0 Å². The summed E-state index contributed by atoms with van der Waals surface area (Å²) in [5.74, 6) is 0.766. The Morgan fingerprint density at radius 1 is 1.27 bits per heavy atom. The lowest BCUT2D eigenvalue weighted by Crippen LogP contribution is -2.23. The van der Waals surface area contributed by atoms with Crippen molar-refractivity contribution in [3.8, 4) is 0 Å². The molecule has 2 fully saturated rings. The van der Waals surface area contributed by atoms with Gasteiger partial charge >= 0.3 is 0 Å². The molecular weight excluding hydrogens is 136 g/mol. The van der Waals surface area contributed by atoms with E-state index in [1.165, 1.54) is 19.3 Å². The molecule has 0 aromatic heterocycles. The van der Waals surface area contributed by atoms with Crippen LogP contribution in [0.1, 0.15) is 40.0 Å². The highest BCUT2D eigenvalue weighted by Crippen LogP contribution is 2.55. The van der Waals surface area contributed by atoms with E-state index in [2.05, 4.69) is 20.8 Å². The molecule has 2 rings (SSSR count). The lowest BCUT2D eigenvalue weighted by molar-refractivity contribution is 0.0734. The van der Waals surface area contributed by atoms with Crippen molar-refractivity contribution in [3.63, 3.8) is 0 Å². The van der Waals surface area contributed by atoms with Crippen LogP contribution in [-0.2, 0) is 4.74 Å². The second-order valence-corrected chi connectivity index (χ2v) is 4.96. The van der Waals surface area contributed by atoms with Crippen LogP contribution in [0.25, 0.3) is 0 Å². The van der Waals surface area contributed by atoms with E-state index in [0.717, 1.165) is 12.5 Å². The quantitative estimate of drug-likeness (QED) is 0.564. The summed E-state index contributed by atoms with van der Waals surface area (Å²) in [6.07, 6.45) is 3.93. The predicted molar refractivity (Wildman–Crippen MR) is 45.5 cm³/mol. The zero-order chi connectivity index (χ0) is 8.11. The summed E-state index contributed by atoms with van der Waals surface area (Å²) < 4.78 is 5.83. The molecule has 1 unspecified atom stereocenters. The molecule has 1 atom stereocenters. The van der Waals surface area contributed by atoms with Gasteiger partial charge < -0.3 is 4.74 Å². The maximum Gasteiger partial charge on any atom is 0.0691 e. The predicted octanol–water partition coefficient (Wildman–Crippen LogP) is 2.60. The summed E-state index contributed by atoms with van der Waals surface area (Å²) in [7, 11) is 0. The van der Waals surface area contributed by atoms with Crippen molar-refractivity contribution in [3.05, 3.63) is 0 Å². The maximum atomic E-state index is 5.83. The fourth-order valence-corrected chi connectivity index (χ4v) is 1.99. The zero-order valence-corrected chi connectivity index (χ0v) is 7.81. The van der Waals surface area contributed by atoms with Crippen molar-refractivity contribution in [2.45, 2.75) is 45.6 Å². The van der Waals surface area contributed by atoms with Gasteiger partial charge in [0, 0.05) is 0 Å². The molecule has 0 bridgehead atoms. The molecule has 1 aliphatic heterocycles. The Labute approximate surface area is 69.1 Å². The molecule has 0 radical (unpaired) electrons. The Hall–Kier alpha value is -0.0400. The van der Waals surface area contributed by atoms with Crippen molar-refractivity contribution in [1.29, 1.82) is 0 Å². The molecule has 0 aromatic carbocycles. The van der Waals surface area contributed by atoms with E-state index in [-0.39, 0.29) is 0 Å². The van der Waals surface area contributed by atoms with E-state index in [1.54, 1.807) is 0 Å². The minimum absolute atomic E-state index is 0.360. The number of hydrogen-bond acceptors (Lipinski definition) is 1. The molecule has 1 spiro atoms. The number of rotatable bonds is 1. The van der Waals surface area contributed by atoms with Gasteiger partial charge in [-0.1, -0.05) is 20.8 Å². The first-order valence-electron chi connectivity index (χ1n) is 4.70. The molecule has 0 amide bonds. The van der Waals surface area contributed by atoms with Gasteiger partial charge in [-0.25, -0.2) is 0 Å². The van der Waals surface area contributed by atoms with E-state index in [4.69, 9.17) is 4.74 Å². The van der Waals surface area contributed by atoms with Crippen molar-refractivity contribution in [1.82, 2.24) is 0 Å². The van der Waals surface area contributed by atoms with Gasteiger partial charge in [0.25, 0.3) is 0 Å². The largest absolute Gasteiger partial charge is 0.374 e. The third-order valence-electron chi connectivity index (χ3n) is 3.64. The second-order valence-electron chi connectivity index (χ2n) is 4.96. The minimum atomic E-state index is 0.360. The van der Waals surface area contributed by atoms with E-state index in [9.17, 15) is 0 Å². The van der Waals surface area contributed by atoms with Crippen LogP contribution >= 0.6 is 0 Å². The molecule has 11 heavy (non-hydrogen) atoms. The van der Waals surface area contributed by atoms with Gasteiger partial charge in [0.2, 0.25) is 0 Å². The molecule has 1 saturated heterocycles. The van der Waals surface area contributed by atoms with Gasteiger partial charge in [0.05, 0.1) is 12.2 Å². The van der Waals surface area contributed by atoms with Crippen LogP contribution in [-0.4, -0.2) is 12.2 Å². The van der Waals surface area contributed by atoms with E-state index >= 15 is 0 Å². The average molecular weight is 154 g/mol. The van der Waals surface area contributed by atoms with Crippen LogP contribution in [0.3, 0.4) is 0 Å². The van der Waals surface area contributed by atoms with Crippen molar-refractivity contribution >= 4 is 0 Å². The monoisotopic (exact) mass is 154 g/mol. The van der Waals surface area contributed by atoms with Crippen LogP contribution in [0, 0.1) is 11.3 Å².